The molecular weight excluding hydrogens is 332 g/mol. The van der Waals surface area contributed by atoms with Gasteiger partial charge in [0.15, 0.2) is 17.3 Å². The Morgan fingerprint density at radius 2 is 1.67 bits per heavy atom. The number of nitrogens with zero attached hydrogens (tertiary/aromatic N) is 2. The number of anilines is 2. The molecule has 0 saturated heterocycles. The van der Waals surface area contributed by atoms with E-state index in [1.54, 1.807) is 33.3 Å². The Labute approximate surface area is 141 Å². The summed E-state index contributed by atoms with van der Waals surface area (Å²) in [6, 6.07) is 8.80. The maximum Gasteiger partial charge on any atom is 0.233 e. The Hall–Kier alpha value is -2.55. The predicted molar refractivity (Wildman–Crippen MR) is 92.0 cm³/mol. The van der Waals surface area contributed by atoms with Crippen LogP contribution in [0.15, 0.2) is 30.3 Å². The lowest BCUT2D eigenvalue weighted by Crippen LogP contribution is -2.16. The summed E-state index contributed by atoms with van der Waals surface area (Å²) < 4.78 is 35.7. The molecule has 2 rings (SSSR count). The maximum absolute atomic E-state index is 11.5. The molecule has 0 fully saturated rings. The summed E-state index contributed by atoms with van der Waals surface area (Å²) in [7, 11) is -0.191. The monoisotopic (exact) mass is 352 g/mol. The minimum absolute atomic E-state index is 0.0199. The molecule has 0 spiro atoms. The number of aromatic nitrogens is 2. The molecular formula is C15H20N4O4S. The van der Waals surface area contributed by atoms with Crippen LogP contribution in [0, 0.1) is 0 Å². The molecule has 0 aliphatic heterocycles. The molecule has 24 heavy (non-hydrogen) atoms. The predicted octanol–water partition coefficient (Wildman–Crippen LogP) is 1.87. The van der Waals surface area contributed by atoms with Crippen LogP contribution in [0.4, 0.5) is 11.6 Å². The van der Waals surface area contributed by atoms with Gasteiger partial charge in [0.25, 0.3) is 0 Å². The van der Waals surface area contributed by atoms with Crippen LogP contribution in [0.5, 0.6) is 11.5 Å². The van der Waals surface area contributed by atoms with E-state index in [0.717, 1.165) is 5.56 Å². The first-order valence-electron chi connectivity index (χ1n) is 7.26. The lowest BCUT2D eigenvalue weighted by Gasteiger charge is -2.10. The second-order valence-electron chi connectivity index (χ2n) is 4.85. The molecule has 1 aromatic carbocycles. The topological polar surface area (TPSA) is 102 Å². The third-order valence-corrected chi connectivity index (χ3v) is 4.51. The van der Waals surface area contributed by atoms with Crippen LogP contribution in [0.25, 0.3) is 0 Å². The van der Waals surface area contributed by atoms with Crippen LogP contribution in [0.1, 0.15) is 12.5 Å². The quantitative estimate of drug-likeness (QED) is 0.747. The van der Waals surface area contributed by atoms with E-state index in [2.05, 4.69) is 20.2 Å². The summed E-state index contributed by atoms with van der Waals surface area (Å²) in [5.41, 5.74) is 0.977. The highest BCUT2D eigenvalue weighted by Gasteiger charge is 2.08. The van der Waals surface area contributed by atoms with Gasteiger partial charge in [-0.15, -0.1) is 10.2 Å². The molecule has 0 aliphatic carbocycles. The van der Waals surface area contributed by atoms with Crippen molar-refractivity contribution < 1.29 is 17.9 Å². The van der Waals surface area contributed by atoms with Crippen molar-refractivity contribution in [2.75, 3.05) is 30.0 Å². The number of benzene rings is 1. The van der Waals surface area contributed by atoms with E-state index in [9.17, 15) is 8.42 Å². The molecule has 0 saturated carbocycles. The van der Waals surface area contributed by atoms with Gasteiger partial charge < -0.3 is 14.8 Å². The molecule has 2 aromatic rings. The molecule has 9 heteroatoms. The summed E-state index contributed by atoms with van der Waals surface area (Å²) in [5, 5.41) is 10.9. The second kappa shape index (κ2) is 7.82. The molecule has 0 aliphatic rings. The summed E-state index contributed by atoms with van der Waals surface area (Å²) in [5.74, 6) is 2.01. The lowest BCUT2D eigenvalue weighted by molar-refractivity contribution is 0.354. The van der Waals surface area contributed by atoms with E-state index in [0.29, 0.717) is 23.9 Å². The average Bonchev–Trinajstić information content (AvgIpc) is 2.60. The van der Waals surface area contributed by atoms with E-state index in [1.165, 1.54) is 0 Å². The second-order valence-corrected chi connectivity index (χ2v) is 6.86. The molecule has 0 bridgehead atoms. The highest BCUT2D eigenvalue weighted by Crippen LogP contribution is 2.27. The number of ether oxygens (including phenoxy) is 2. The first-order valence-corrected chi connectivity index (χ1v) is 8.91. The lowest BCUT2D eigenvalue weighted by atomic mass is 10.2. The number of nitrogens with one attached hydrogen (secondary N) is 2. The Morgan fingerprint density at radius 3 is 2.25 bits per heavy atom. The van der Waals surface area contributed by atoms with Gasteiger partial charge in [0.1, 0.15) is 5.82 Å². The van der Waals surface area contributed by atoms with E-state index in [4.69, 9.17) is 9.47 Å². The fraction of sp³-hybridized carbons (Fsp3) is 0.333. The number of sulfonamides is 1. The van der Waals surface area contributed by atoms with Crippen LogP contribution in [-0.4, -0.2) is 38.6 Å². The summed E-state index contributed by atoms with van der Waals surface area (Å²) in [6.45, 7) is 2.06. The standard InChI is InChI=1S/C15H20N4O4S/c1-4-24(20,21)19-15-8-7-14(17-18-15)16-10-11-5-6-12(22-2)13(9-11)23-3/h5-9H,4,10H2,1-3H3,(H,16,17)(H,18,19). The van der Waals surface area contributed by atoms with Crippen molar-refractivity contribution in [1.29, 1.82) is 0 Å². The zero-order chi connectivity index (χ0) is 17.6. The van der Waals surface area contributed by atoms with Crippen LogP contribution in [0.2, 0.25) is 0 Å². The molecule has 1 aromatic heterocycles. The van der Waals surface area contributed by atoms with Crippen LogP contribution >= 0.6 is 0 Å². The third-order valence-electron chi connectivity index (χ3n) is 3.23. The fourth-order valence-corrected chi connectivity index (χ4v) is 2.47. The Bertz CT molecular complexity index is 779. The highest BCUT2D eigenvalue weighted by molar-refractivity contribution is 7.92. The van der Waals surface area contributed by atoms with Crippen LogP contribution < -0.4 is 19.5 Å². The molecule has 8 nitrogen and oxygen atoms in total. The largest absolute Gasteiger partial charge is 0.493 e. The van der Waals surface area contributed by atoms with Gasteiger partial charge in [-0.25, -0.2) is 8.42 Å². The number of hydrogen-bond acceptors (Lipinski definition) is 7. The van der Waals surface area contributed by atoms with Crippen molar-refractivity contribution in [2.24, 2.45) is 0 Å². The van der Waals surface area contributed by atoms with Gasteiger partial charge in [0, 0.05) is 6.54 Å². The van der Waals surface area contributed by atoms with Gasteiger partial charge in [-0.1, -0.05) is 6.07 Å². The van der Waals surface area contributed by atoms with E-state index >= 15 is 0 Å². The SMILES string of the molecule is CCS(=O)(=O)Nc1ccc(NCc2ccc(OC)c(OC)c2)nn1. The maximum atomic E-state index is 11.5. The van der Waals surface area contributed by atoms with Crippen molar-refractivity contribution in [2.45, 2.75) is 13.5 Å². The Balaban J connectivity index is 2.00. The Kier molecular flexibility index (Phi) is 5.80. The van der Waals surface area contributed by atoms with Crippen LogP contribution in [-0.2, 0) is 16.6 Å². The van der Waals surface area contributed by atoms with E-state index in [1.807, 2.05) is 18.2 Å². The van der Waals surface area contributed by atoms with Gasteiger partial charge in [0.05, 0.1) is 20.0 Å². The highest BCUT2D eigenvalue weighted by atomic mass is 32.2. The molecule has 2 N–H and O–H groups in total. The average molecular weight is 352 g/mol. The molecule has 0 unspecified atom stereocenters. The molecule has 0 atom stereocenters. The van der Waals surface area contributed by atoms with Crippen molar-refractivity contribution >= 4 is 21.7 Å². The first kappa shape index (κ1) is 17.8. The van der Waals surface area contributed by atoms with Gasteiger partial charge >= 0.3 is 0 Å². The molecule has 0 radical (unpaired) electrons. The summed E-state index contributed by atoms with van der Waals surface area (Å²) >= 11 is 0. The molecule has 1 heterocycles. The third kappa shape index (κ3) is 4.72. The normalized spacial score (nSPS) is 11.0. The van der Waals surface area contributed by atoms with Crippen molar-refractivity contribution in [3.05, 3.63) is 35.9 Å². The van der Waals surface area contributed by atoms with Crippen molar-refractivity contribution in [3.63, 3.8) is 0 Å². The van der Waals surface area contributed by atoms with Crippen molar-refractivity contribution in [1.82, 2.24) is 10.2 Å². The van der Waals surface area contributed by atoms with Crippen molar-refractivity contribution in [3.8, 4) is 11.5 Å². The van der Waals surface area contributed by atoms with Crippen LogP contribution in [0.3, 0.4) is 0 Å². The van der Waals surface area contributed by atoms with Gasteiger partial charge in [-0.05, 0) is 36.8 Å². The molecule has 130 valence electrons. The van der Waals surface area contributed by atoms with Gasteiger partial charge in [-0.3, -0.25) is 4.72 Å². The zero-order valence-corrected chi connectivity index (χ0v) is 14.6. The first-order chi connectivity index (χ1) is 11.5. The number of hydrogen-bond donors (Lipinski definition) is 2. The summed E-state index contributed by atoms with van der Waals surface area (Å²) in [4.78, 5) is 0. The fourth-order valence-electron chi connectivity index (χ4n) is 1.90. The zero-order valence-electron chi connectivity index (χ0n) is 13.7. The Morgan fingerprint density at radius 1 is 1.00 bits per heavy atom. The molecule has 0 amide bonds. The van der Waals surface area contributed by atoms with Gasteiger partial charge in [-0.2, -0.15) is 0 Å². The van der Waals surface area contributed by atoms with E-state index in [-0.39, 0.29) is 11.6 Å². The smallest absolute Gasteiger partial charge is 0.233 e. The van der Waals surface area contributed by atoms with E-state index < -0.39 is 10.0 Å². The minimum Gasteiger partial charge on any atom is -0.493 e. The van der Waals surface area contributed by atoms with Gasteiger partial charge in [0.2, 0.25) is 10.0 Å². The number of rotatable bonds is 8. The summed E-state index contributed by atoms with van der Waals surface area (Å²) in [6.07, 6.45) is 0. The minimum atomic E-state index is -3.35. The number of methoxy groups -OCH3 is 2.